The van der Waals surface area contributed by atoms with Crippen LogP contribution in [0.25, 0.3) is 6.08 Å². The summed E-state index contributed by atoms with van der Waals surface area (Å²) in [5.41, 5.74) is 0.416. The second-order valence-electron chi connectivity index (χ2n) is 3.16. The fraction of sp³-hybridized carbons (Fsp3) is 0.167. The lowest BCUT2D eigenvalue weighted by Crippen LogP contribution is -1.94. The number of halogens is 2. The second-order valence-corrected chi connectivity index (χ2v) is 4.33. The van der Waals surface area contributed by atoms with Crippen LogP contribution in [0.3, 0.4) is 0 Å². The first-order valence-corrected chi connectivity index (χ1v) is 6.07. The lowest BCUT2D eigenvalue weighted by molar-refractivity contribution is 0.318. The average molecular weight is 328 g/mol. The van der Waals surface area contributed by atoms with Gasteiger partial charge in [0.2, 0.25) is 0 Å². The van der Waals surface area contributed by atoms with Crippen molar-refractivity contribution in [1.82, 2.24) is 0 Å². The first kappa shape index (κ1) is 14.4. The van der Waals surface area contributed by atoms with Crippen molar-refractivity contribution in [2.75, 3.05) is 6.61 Å². The third-order valence-corrected chi connectivity index (χ3v) is 3.47. The molecule has 0 fully saturated rings. The number of nitriles is 2. The van der Waals surface area contributed by atoms with Gasteiger partial charge >= 0.3 is 0 Å². The van der Waals surface area contributed by atoms with E-state index < -0.39 is 0 Å². The van der Waals surface area contributed by atoms with Crippen LogP contribution in [-0.2, 0) is 0 Å². The molecule has 1 aromatic carbocycles. The summed E-state index contributed by atoms with van der Waals surface area (Å²) in [7, 11) is 0. The number of hydrogen-bond acceptors (Lipinski definition) is 4. The molecule has 0 amide bonds. The number of ether oxygens (including phenoxy) is 1. The zero-order valence-corrected chi connectivity index (χ0v) is 11.7. The predicted octanol–water partition coefficient (Wildman–Crippen LogP) is 3.64. The molecule has 0 aliphatic carbocycles. The minimum absolute atomic E-state index is 0.0695. The molecule has 92 valence electrons. The van der Waals surface area contributed by atoms with E-state index in [2.05, 4.69) is 15.9 Å². The third-order valence-electron chi connectivity index (χ3n) is 2.01. The highest BCUT2D eigenvalue weighted by Crippen LogP contribution is 2.42. The van der Waals surface area contributed by atoms with Crippen LogP contribution in [0.15, 0.2) is 16.1 Å². The summed E-state index contributed by atoms with van der Waals surface area (Å²) < 4.78 is 5.61. The molecule has 6 heteroatoms. The van der Waals surface area contributed by atoms with E-state index in [1.807, 2.05) is 0 Å². The van der Waals surface area contributed by atoms with E-state index in [9.17, 15) is 5.11 Å². The molecular formula is C12H8BrClN2O2. The Morgan fingerprint density at radius 2 is 2.17 bits per heavy atom. The maximum atomic E-state index is 9.74. The van der Waals surface area contributed by atoms with Crippen molar-refractivity contribution >= 4 is 33.6 Å². The monoisotopic (exact) mass is 326 g/mol. The maximum absolute atomic E-state index is 9.74. The van der Waals surface area contributed by atoms with Gasteiger partial charge in [-0.1, -0.05) is 11.6 Å². The third kappa shape index (κ3) is 2.95. The van der Waals surface area contributed by atoms with Crippen molar-refractivity contribution < 1.29 is 9.84 Å². The molecule has 4 nitrogen and oxygen atoms in total. The SMILES string of the molecule is CCOc1cc(C=C(C#N)C#N)c(Br)c(Cl)c1O. The largest absolute Gasteiger partial charge is 0.503 e. The summed E-state index contributed by atoms with van der Waals surface area (Å²) in [5, 5.41) is 27.2. The van der Waals surface area contributed by atoms with Crippen molar-refractivity contribution in [3.63, 3.8) is 0 Å². The lowest BCUT2D eigenvalue weighted by Gasteiger charge is -2.10. The van der Waals surface area contributed by atoms with Crippen LogP contribution in [0.5, 0.6) is 11.5 Å². The molecule has 0 heterocycles. The number of phenols is 1. The molecule has 0 saturated heterocycles. The molecule has 0 radical (unpaired) electrons. The minimum atomic E-state index is -0.182. The van der Waals surface area contributed by atoms with E-state index in [-0.39, 0.29) is 22.1 Å². The molecule has 1 aromatic rings. The van der Waals surface area contributed by atoms with Crippen LogP contribution in [0.1, 0.15) is 12.5 Å². The van der Waals surface area contributed by atoms with E-state index in [0.717, 1.165) is 0 Å². The Balaban J connectivity index is 3.43. The normalized spacial score (nSPS) is 9.17. The Morgan fingerprint density at radius 3 is 2.67 bits per heavy atom. The minimum Gasteiger partial charge on any atom is -0.503 e. The molecule has 0 unspecified atom stereocenters. The Morgan fingerprint density at radius 1 is 1.56 bits per heavy atom. The van der Waals surface area contributed by atoms with E-state index in [4.69, 9.17) is 26.9 Å². The van der Waals surface area contributed by atoms with Crippen molar-refractivity contribution in [3.8, 4) is 23.6 Å². The van der Waals surface area contributed by atoms with E-state index in [0.29, 0.717) is 16.6 Å². The molecule has 0 aliphatic rings. The summed E-state index contributed by atoms with van der Waals surface area (Å²) >= 11 is 9.11. The fourth-order valence-electron chi connectivity index (χ4n) is 1.23. The van der Waals surface area contributed by atoms with Crippen molar-refractivity contribution in [1.29, 1.82) is 10.5 Å². The van der Waals surface area contributed by atoms with Gasteiger partial charge in [0.15, 0.2) is 11.5 Å². The lowest BCUT2D eigenvalue weighted by atomic mass is 10.1. The number of aromatic hydroxyl groups is 1. The summed E-state index contributed by atoms with van der Waals surface area (Å²) in [5.74, 6) is 0.0187. The quantitative estimate of drug-likeness (QED) is 0.860. The molecular weight excluding hydrogens is 320 g/mol. The summed E-state index contributed by atoms with van der Waals surface area (Å²) in [6.45, 7) is 2.12. The highest BCUT2D eigenvalue weighted by molar-refractivity contribution is 9.10. The summed E-state index contributed by atoms with van der Waals surface area (Å²) in [6.07, 6.45) is 1.36. The first-order valence-electron chi connectivity index (χ1n) is 4.90. The molecule has 0 spiro atoms. The fourth-order valence-corrected chi connectivity index (χ4v) is 1.85. The van der Waals surface area contributed by atoms with Gasteiger partial charge in [-0.15, -0.1) is 0 Å². The van der Waals surface area contributed by atoms with Crippen molar-refractivity contribution in [2.24, 2.45) is 0 Å². The highest BCUT2D eigenvalue weighted by atomic mass is 79.9. The van der Waals surface area contributed by atoms with Gasteiger partial charge in [0, 0.05) is 4.47 Å². The Bertz CT molecular complexity index is 569. The number of allylic oxidation sites excluding steroid dienone is 1. The smallest absolute Gasteiger partial charge is 0.177 e. The van der Waals surface area contributed by atoms with Gasteiger partial charge in [-0.25, -0.2) is 0 Å². The van der Waals surface area contributed by atoms with E-state index in [1.54, 1.807) is 19.1 Å². The Kier molecular flexibility index (Phi) is 5.03. The van der Waals surface area contributed by atoms with E-state index in [1.165, 1.54) is 12.1 Å². The number of nitrogens with zero attached hydrogens (tertiary/aromatic N) is 2. The molecule has 0 saturated carbocycles. The zero-order chi connectivity index (χ0) is 13.7. The molecule has 1 rings (SSSR count). The Labute approximate surface area is 118 Å². The Hall–Kier alpha value is -1.69. The predicted molar refractivity (Wildman–Crippen MR) is 71.2 cm³/mol. The zero-order valence-electron chi connectivity index (χ0n) is 9.37. The second kappa shape index (κ2) is 6.30. The van der Waals surface area contributed by atoms with Crippen LogP contribution in [0.4, 0.5) is 0 Å². The van der Waals surface area contributed by atoms with Gasteiger partial charge in [-0.05, 0) is 40.6 Å². The van der Waals surface area contributed by atoms with Gasteiger partial charge in [0.1, 0.15) is 22.7 Å². The number of hydrogen-bond donors (Lipinski definition) is 1. The van der Waals surface area contributed by atoms with E-state index >= 15 is 0 Å². The van der Waals surface area contributed by atoms with Gasteiger partial charge in [0.05, 0.1) is 6.61 Å². The number of phenolic OH excluding ortho intramolecular Hbond substituents is 1. The molecule has 0 bridgehead atoms. The molecule has 0 aromatic heterocycles. The standard InChI is InChI=1S/C12H8BrClN2O2/c1-2-18-9-4-8(3-7(5-15)6-16)10(13)11(14)12(9)17/h3-4,17H,2H2,1H3. The summed E-state index contributed by atoms with van der Waals surface area (Å²) in [4.78, 5) is 0. The van der Waals surface area contributed by atoms with Crippen LogP contribution >= 0.6 is 27.5 Å². The first-order chi connectivity index (χ1) is 8.54. The van der Waals surface area contributed by atoms with Crippen LogP contribution in [0.2, 0.25) is 5.02 Å². The highest BCUT2D eigenvalue weighted by Gasteiger charge is 2.15. The topological polar surface area (TPSA) is 77.0 Å². The van der Waals surface area contributed by atoms with Crippen LogP contribution in [-0.4, -0.2) is 11.7 Å². The van der Waals surface area contributed by atoms with Gasteiger partial charge in [0.25, 0.3) is 0 Å². The summed E-state index contributed by atoms with van der Waals surface area (Å²) in [6, 6.07) is 4.99. The average Bonchev–Trinajstić information content (AvgIpc) is 2.38. The van der Waals surface area contributed by atoms with Gasteiger partial charge in [-0.2, -0.15) is 10.5 Å². The maximum Gasteiger partial charge on any atom is 0.177 e. The number of rotatable bonds is 3. The molecule has 18 heavy (non-hydrogen) atoms. The van der Waals surface area contributed by atoms with Crippen LogP contribution < -0.4 is 4.74 Å². The van der Waals surface area contributed by atoms with Crippen molar-refractivity contribution in [3.05, 3.63) is 26.7 Å². The molecule has 0 atom stereocenters. The molecule has 1 N–H and O–H groups in total. The van der Waals surface area contributed by atoms with Gasteiger partial charge in [-0.3, -0.25) is 0 Å². The van der Waals surface area contributed by atoms with Gasteiger partial charge < -0.3 is 9.84 Å². The van der Waals surface area contributed by atoms with Crippen LogP contribution in [0, 0.1) is 22.7 Å². The van der Waals surface area contributed by atoms with Crippen molar-refractivity contribution in [2.45, 2.75) is 6.92 Å². The number of benzene rings is 1. The molecule has 0 aliphatic heterocycles.